The standard InChI is InChI=1S/C21H24ClN5O3S2/c1-3-26(4-2)19(29)13-30-16-8-7-14(12-15(16)22)23-18(28)9-10-27-20(24-25-21(27)31)17-6-5-11-32-17/h5-8,11-12H,3-4,9-10,13H2,1-2H3,(H,23,28)(H,25,31). The van der Waals surface area contributed by atoms with Crippen LogP contribution in [0.4, 0.5) is 5.69 Å². The Kier molecular flexibility index (Phi) is 8.43. The number of thiophene rings is 1. The SMILES string of the molecule is CCN(CC)C(=O)COc1ccc(NC(=O)CCn2c(-c3cccs3)n[nH]c2=S)cc1Cl. The van der Waals surface area contributed by atoms with E-state index in [9.17, 15) is 9.59 Å². The van der Waals surface area contributed by atoms with Crippen molar-refractivity contribution in [3.63, 3.8) is 0 Å². The van der Waals surface area contributed by atoms with Crippen LogP contribution < -0.4 is 10.1 Å². The minimum absolute atomic E-state index is 0.0922. The number of likely N-dealkylation sites (N-methyl/N-ethyl adjacent to an activating group) is 1. The van der Waals surface area contributed by atoms with Gasteiger partial charge in [-0.1, -0.05) is 17.7 Å². The number of anilines is 1. The molecule has 2 amide bonds. The number of nitrogens with zero attached hydrogens (tertiary/aromatic N) is 3. The van der Waals surface area contributed by atoms with Gasteiger partial charge in [-0.3, -0.25) is 19.3 Å². The highest BCUT2D eigenvalue weighted by Gasteiger charge is 2.14. The molecule has 0 aliphatic rings. The highest BCUT2D eigenvalue weighted by Crippen LogP contribution is 2.28. The van der Waals surface area contributed by atoms with Gasteiger partial charge in [0.25, 0.3) is 5.91 Å². The molecule has 11 heteroatoms. The zero-order valence-electron chi connectivity index (χ0n) is 17.8. The Morgan fingerprint density at radius 1 is 1.31 bits per heavy atom. The lowest BCUT2D eigenvalue weighted by molar-refractivity contribution is -0.133. The molecule has 0 atom stereocenters. The summed E-state index contributed by atoms with van der Waals surface area (Å²) in [6, 6.07) is 8.80. The van der Waals surface area contributed by atoms with Crippen LogP contribution in [-0.4, -0.2) is 51.2 Å². The Morgan fingerprint density at radius 2 is 2.09 bits per heavy atom. The molecular weight excluding hydrogens is 470 g/mol. The van der Waals surface area contributed by atoms with E-state index in [-0.39, 0.29) is 24.8 Å². The number of H-pyrrole nitrogens is 1. The predicted octanol–water partition coefficient (Wildman–Crippen LogP) is 4.60. The summed E-state index contributed by atoms with van der Waals surface area (Å²) in [5.41, 5.74) is 0.539. The van der Waals surface area contributed by atoms with Crippen molar-refractivity contribution in [1.82, 2.24) is 19.7 Å². The Morgan fingerprint density at radius 3 is 2.75 bits per heavy atom. The number of carbonyl (C=O) groups excluding carboxylic acids is 2. The van der Waals surface area contributed by atoms with Crippen molar-refractivity contribution in [2.75, 3.05) is 25.0 Å². The van der Waals surface area contributed by atoms with Gasteiger partial charge in [-0.05, 0) is 55.7 Å². The van der Waals surface area contributed by atoms with E-state index in [0.29, 0.717) is 46.7 Å². The van der Waals surface area contributed by atoms with Crippen molar-refractivity contribution >= 4 is 52.7 Å². The Balaban J connectivity index is 1.56. The number of nitrogens with one attached hydrogen (secondary N) is 2. The number of benzene rings is 1. The maximum Gasteiger partial charge on any atom is 0.260 e. The molecule has 2 N–H and O–H groups in total. The van der Waals surface area contributed by atoms with Crippen LogP contribution in [0.15, 0.2) is 35.7 Å². The van der Waals surface area contributed by atoms with E-state index >= 15 is 0 Å². The average Bonchev–Trinajstić information content (AvgIpc) is 3.42. The molecule has 170 valence electrons. The molecule has 0 unspecified atom stereocenters. The molecule has 32 heavy (non-hydrogen) atoms. The van der Waals surface area contributed by atoms with Gasteiger partial charge in [0.1, 0.15) is 5.75 Å². The quantitative estimate of drug-likeness (QED) is 0.403. The first-order valence-electron chi connectivity index (χ1n) is 10.1. The van der Waals surface area contributed by atoms with Gasteiger partial charge in [0.15, 0.2) is 17.2 Å². The molecule has 0 bridgehead atoms. The molecule has 3 rings (SSSR count). The van der Waals surface area contributed by atoms with Gasteiger partial charge >= 0.3 is 0 Å². The summed E-state index contributed by atoms with van der Waals surface area (Å²) in [6.45, 7) is 5.36. The predicted molar refractivity (Wildman–Crippen MR) is 129 cm³/mol. The number of rotatable bonds is 10. The van der Waals surface area contributed by atoms with Crippen LogP contribution in [-0.2, 0) is 16.1 Å². The van der Waals surface area contributed by atoms with E-state index in [1.165, 1.54) is 0 Å². The van der Waals surface area contributed by atoms with Crippen LogP contribution in [0, 0.1) is 4.77 Å². The fraction of sp³-hybridized carbons (Fsp3) is 0.333. The normalized spacial score (nSPS) is 10.7. The maximum absolute atomic E-state index is 12.5. The van der Waals surface area contributed by atoms with Crippen molar-refractivity contribution < 1.29 is 14.3 Å². The first-order chi connectivity index (χ1) is 15.4. The van der Waals surface area contributed by atoms with E-state index in [0.717, 1.165) is 4.88 Å². The van der Waals surface area contributed by atoms with Gasteiger partial charge < -0.3 is 15.0 Å². The third kappa shape index (κ3) is 5.96. The summed E-state index contributed by atoms with van der Waals surface area (Å²) in [5.74, 6) is 0.798. The molecule has 0 saturated heterocycles. The average molecular weight is 494 g/mol. The number of hydrogen-bond donors (Lipinski definition) is 2. The maximum atomic E-state index is 12.5. The van der Waals surface area contributed by atoms with E-state index < -0.39 is 0 Å². The molecule has 0 radical (unpaired) electrons. The van der Waals surface area contributed by atoms with E-state index in [2.05, 4.69) is 15.5 Å². The molecule has 3 aromatic rings. The van der Waals surface area contributed by atoms with Crippen LogP contribution in [0.25, 0.3) is 10.7 Å². The smallest absolute Gasteiger partial charge is 0.260 e. The van der Waals surface area contributed by atoms with Crippen molar-refractivity contribution in [3.8, 4) is 16.5 Å². The van der Waals surface area contributed by atoms with Gasteiger partial charge in [-0.15, -0.1) is 11.3 Å². The van der Waals surface area contributed by atoms with Gasteiger partial charge in [-0.2, -0.15) is 5.10 Å². The van der Waals surface area contributed by atoms with E-state index in [1.54, 1.807) is 39.0 Å². The molecule has 1 aromatic carbocycles. The molecule has 0 aliphatic heterocycles. The largest absolute Gasteiger partial charge is 0.482 e. The zero-order valence-corrected chi connectivity index (χ0v) is 20.1. The third-order valence-electron chi connectivity index (χ3n) is 4.75. The number of carbonyl (C=O) groups is 2. The van der Waals surface area contributed by atoms with Gasteiger partial charge in [0.2, 0.25) is 5.91 Å². The number of halogens is 1. The second-order valence-corrected chi connectivity index (χ2v) is 8.52. The van der Waals surface area contributed by atoms with Crippen LogP contribution in [0.5, 0.6) is 5.75 Å². The summed E-state index contributed by atoms with van der Waals surface area (Å²) >= 11 is 13.1. The van der Waals surface area contributed by atoms with Crippen molar-refractivity contribution in [2.45, 2.75) is 26.8 Å². The highest BCUT2D eigenvalue weighted by atomic mass is 35.5. The third-order valence-corrected chi connectivity index (χ3v) is 6.22. The number of ether oxygens (including phenoxy) is 1. The number of hydrogen-bond acceptors (Lipinski definition) is 6. The van der Waals surface area contributed by atoms with Crippen molar-refractivity contribution in [3.05, 3.63) is 45.5 Å². The Hall–Kier alpha value is -2.69. The van der Waals surface area contributed by atoms with Gasteiger partial charge in [0.05, 0.1) is 9.90 Å². The first-order valence-corrected chi connectivity index (χ1v) is 11.8. The molecule has 2 aromatic heterocycles. The second-order valence-electron chi connectivity index (χ2n) is 6.78. The van der Waals surface area contributed by atoms with Crippen molar-refractivity contribution in [2.24, 2.45) is 0 Å². The van der Waals surface area contributed by atoms with Crippen LogP contribution in [0.2, 0.25) is 5.02 Å². The molecule has 2 heterocycles. The minimum Gasteiger partial charge on any atom is -0.482 e. The number of aromatic amines is 1. The fourth-order valence-electron chi connectivity index (χ4n) is 3.06. The summed E-state index contributed by atoms with van der Waals surface area (Å²) < 4.78 is 7.81. The molecule has 0 fully saturated rings. The number of amides is 2. The van der Waals surface area contributed by atoms with E-state index in [1.807, 2.05) is 31.4 Å². The molecule has 0 aliphatic carbocycles. The highest BCUT2D eigenvalue weighted by molar-refractivity contribution is 7.71. The summed E-state index contributed by atoms with van der Waals surface area (Å²) in [6.07, 6.45) is 0.209. The molecule has 0 saturated carbocycles. The second kappa shape index (κ2) is 11.3. The first kappa shape index (κ1) is 24.0. The molecule has 8 nitrogen and oxygen atoms in total. The Bertz CT molecular complexity index is 1120. The topological polar surface area (TPSA) is 92.2 Å². The summed E-state index contributed by atoms with van der Waals surface area (Å²) in [5, 5.41) is 12.1. The van der Waals surface area contributed by atoms with Crippen LogP contribution >= 0.6 is 35.2 Å². The monoisotopic (exact) mass is 493 g/mol. The zero-order chi connectivity index (χ0) is 23.1. The Labute approximate surface area is 200 Å². The van der Waals surface area contributed by atoms with E-state index in [4.69, 9.17) is 28.6 Å². The van der Waals surface area contributed by atoms with Gasteiger partial charge in [-0.25, -0.2) is 0 Å². The fourth-order valence-corrected chi connectivity index (χ4v) is 4.24. The van der Waals surface area contributed by atoms with Crippen molar-refractivity contribution in [1.29, 1.82) is 0 Å². The number of aromatic nitrogens is 3. The van der Waals surface area contributed by atoms with Crippen LogP contribution in [0.3, 0.4) is 0 Å². The lowest BCUT2D eigenvalue weighted by Crippen LogP contribution is -2.34. The summed E-state index contributed by atoms with van der Waals surface area (Å²) in [4.78, 5) is 27.2. The lowest BCUT2D eigenvalue weighted by atomic mass is 10.3. The minimum atomic E-state index is -0.188. The molecular formula is C21H24ClN5O3S2. The van der Waals surface area contributed by atoms with Crippen LogP contribution in [0.1, 0.15) is 20.3 Å². The van der Waals surface area contributed by atoms with Gasteiger partial charge in [0, 0.05) is 31.7 Å². The summed E-state index contributed by atoms with van der Waals surface area (Å²) in [7, 11) is 0. The lowest BCUT2D eigenvalue weighted by Gasteiger charge is -2.19. The molecule has 0 spiro atoms.